The van der Waals surface area contributed by atoms with E-state index < -0.39 is 0 Å². The minimum atomic E-state index is -0.168. The van der Waals surface area contributed by atoms with Gasteiger partial charge in [0.2, 0.25) is 5.91 Å². The number of carbonyl (C=O) groups excluding carboxylic acids is 2. The van der Waals surface area contributed by atoms with Crippen LogP contribution in [0.3, 0.4) is 0 Å². The van der Waals surface area contributed by atoms with Gasteiger partial charge in [-0.2, -0.15) is 0 Å². The molecule has 2 aliphatic heterocycles. The highest BCUT2D eigenvalue weighted by Gasteiger charge is 2.32. The lowest BCUT2D eigenvalue weighted by atomic mass is 9.92. The minimum absolute atomic E-state index is 0.0279. The van der Waals surface area contributed by atoms with E-state index in [1.165, 1.54) is 0 Å². The van der Waals surface area contributed by atoms with Crippen LogP contribution in [0, 0.1) is 0 Å². The molecule has 0 radical (unpaired) electrons. The monoisotopic (exact) mass is 317 g/mol. The number of likely N-dealkylation sites (tertiary alicyclic amines) is 1. The Morgan fingerprint density at radius 3 is 2.96 bits per heavy atom. The molecule has 6 heteroatoms. The number of amides is 3. The predicted molar refractivity (Wildman–Crippen MR) is 86.5 cm³/mol. The van der Waals surface area contributed by atoms with Crippen LogP contribution in [0.4, 0.5) is 4.79 Å². The number of urea groups is 1. The Morgan fingerprint density at radius 2 is 2.13 bits per heavy atom. The van der Waals surface area contributed by atoms with Crippen molar-refractivity contribution < 1.29 is 14.3 Å². The summed E-state index contributed by atoms with van der Waals surface area (Å²) < 4.78 is 5.61. The summed E-state index contributed by atoms with van der Waals surface area (Å²) in [6, 6.07) is 7.68. The summed E-state index contributed by atoms with van der Waals surface area (Å²) in [4.78, 5) is 26.2. The van der Waals surface area contributed by atoms with E-state index in [1.807, 2.05) is 31.2 Å². The molecule has 1 saturated heterocycles. The molecule has 0 aliphatic carbocycles. The van der Waals surface area contributed by atoms with Gasteiger partial charge in [-0.1, -0.05) is 18.2 Å². The van der Waals surface area contributed by atoms with Crippen LogP contribution in [0.2, 0.25) is 0 Å². The fourth-order valence-electron chi connectivity index (χ4n) is 3.24. The fourth-order valence-corrected chi connectivity index (χ4v) is 3.24. The molecule has 1 fully saturated rings. The van der Waals surface area contributed by atoms with Crippen LogP contribution >= 0.6 is 0 Å². The van der Waals surface area contributed by atoms with Gasteiger partial charge >= 0.3 is 6.03 Å². The second-order valence-corrected chi connectivity index (χ2v) is 6.00. The maximum atomic E-state index is 12.6. The molecule has 0 unspecified atom stereocenters. The Hall–Kier alpha value is -2.24. The Labute approximate surface area is 136 Å². The highest BCUT2D eigenvalue weighted by atomic mass is 16.5. The number of nitrogens with one attached hydrogen (secondary N) is 2. The maximum absolute atomic E-state index is 12.6. The molecule has 2 atom stereocenters. The third-order valence-corrected chi connectivity index (χ3v) is 4.42. The van der Waals surface area contributed by atoms with Gasteiger partial charge in [0.15, 0.2) is 0 Å². The third kappa shape index (κ3) is 3.41. The van der Waals surface area contributed by atoms with Crippen molar-refractivity contribution in [3.63, 3.8) is 0 Å². The summed E-state index contributed by atoms with van der Waals surface area (Å²) in [5.41, 5.74) is 0.954. The van der Waals surface area contributed by atoms with Gasteiger partial charge < -0.3 is 20.3 Å². The Balaban J connectivity index is 1.60. The summed E-state index contributed by atoms with van der Waals surface area (Å²) in [5, 5.41) is 5.90. The smallest absolute Gasteiger partial charge is 0.317 e. The number of para-hydroxylation sites is 1. The first-order valence-electron chi connectivity index (χ1n) is 8.24. The standard InChI is InChI=1S/C17H23N3O3/c1-2-18-17(22)20-9-7-12(11-20)19-16(21)14-8-10-23-15-6-4-3-5-13(14)15/h3-6,12,14H,2,7-11H2,1H3,(H,18,22)(H,19,21)/t12-,14-/m1/s1. The van der Waals surface area contributed by atoms with Crippen molar-refractivity contribution in [3.05, 3.63) is 29.8 Å². The summed E-state index contributed by atoms with van der Waals surface area (Å²) >= 11 is 0. The molecule has 2 heterocycles. The van der Waals surface area contributed by atoms with Crippen LogP contribution in [0.15, 0.2) is 24.3 Å². The van der Waals surface area contributed by atoms with Crippen molar-refractivity contribution in [2.24, 2.45) is 0 Å². The first-order chi connectivity index (χ1) is 11.2. The highest BCUT2D eigenvalue weighted by molar-refractivity contribution is 5.85. The summed E-state index contributed by atoms with van der Waals surface area (Å²) in [5.74, 6) is 0.663. The van der Waals surface area contributed by atoms with Gasteiger partial charge in [-0.15, -0.1) is 0 Å². The van der Waals surface area contributed by atoms with Gasteiger partial charge in [-0.05, 0) is 25.8 Å². The van der Waals surface area contributed by atoms with E-state index in [4.69, 9.17) is 4.74 Å². The molecular weight excluding hydrogens is 294 g/mol. The van der Waals surface area contributed by atoms with Gasteiger partial charge in [0.25, 0.3) is 0 Å². The van der Waals surface area contributed by atoms with Crippen molar-refractivity contribution >= 4 is 11.9 Å². The normalized spacial score (nSPS) is 22.9. The zero-order chi connectivity index (χ0) is 16.2. The molecular formula is C17H23N3O3. The van der Waals surface area contributed by atoms with Crippen LogP contribution in [0.5, 0.6) is 5.75 Å². The van der Waals surface area contributed by atoms with Crippen LogP contribution in [-0.2, 0) is 4.79 Å². The molecule has 124 valence electrons. The molecule has 3 amide bonds. The number of hydrogen-bond donors (Lipinski definition) is 2. The van der Waals surface area contributed by atoms with Crippen molar-refractivity contribution in [1.29, 1.82) is 0 Å². The Kier molecular flexibility index (Phi) is 4.69. The van der Waals surface area contributed by atoms with E-state index in [0.717, 1.165) is 17.7 Å². The average Bonchev–Trinajstić information content (AvgIpc) is 3.03. The molecule has 1 aromatic rings. The number of carbonyl (C=O) groups is 2. The maximum Gasteiger partial charge on any atom is 0.317 e. The topological polar surface area (TPSA) is 70.7 Å². The molecule has 2 N–H and O–H groups in total. The summed E-state index contributed by atoms with van der Waals surface area (Å²) in [6.07, 6.45) is 1.49. The lowest BCUT2D eigenvalue weighted by Gasteiger charge is -2.26. The fraction of sp³-hybridized carbons (Fsp3) is 0.529. The van der Waals surface area contributed by atoms with E-state index in [0.29, 0.717) is 32.7 Å². The van der Waals surface area contributed by atoms with Crippen LogP contribution in [-0.4, -0.2) is 49.1 Å². The predicted octanol–water partition coefficient (Wildman–Crippen LogP) is 1.47. The van der Waals surface area contributed by atoms with Gasteiger partial charge in [-0.3, -0.25) is 4.79 Å². The Morgan fingerprint density at radius 1 is 1.30 bits per heavy atom. The van der Waals surface area contributed by atoms with Crippen molar-refractivity contribution in [2.75, 3.05) is 26.2 Å². The molecule has 6 nitrogen and oxygen atoms in total. The van der Waals surface area contributed by atoms with Crippen LogP contribution in [0.25, 0.3) is 0 Å². The number of ether oxygens (including phenoxy) is 1. The van der Waals surface area contributed by atoms with Gasteiger partial charge in [0.05, 0.1) is 12.5 Å². The number of benzene rings is 1. The summed E-state index contributed by atoms with van der Waals surface area (Å²) in [6.45, 7) is 4.33. The summed E-state index contributed by atoms with van der Waals surface area (Å²) in [7, 11) is 0. The van der Waals surface area contributed by atoms with Crippen LogP contribution < -0.4 is 15.4 Å². The van der Waals surface area contributed by atoms with E-state index in [2.05, 4.69) is 10.6 Å². The third-order valence-electron chi connectivity index (χ3n) is 4.42. The van der Waals surface area contributed by atoms with Crippen LogP contribution in [0.1, 0.15) is 31.2 Å². The second kappa shape index (κ2) is 6.89. The average molecular weight is 317 g/mol. The van der Waals surface area contributed by atoms with Crippen molar-refractivity contribution in [2.45, 2.75) is 31.7 Å². The highest BCUT2D eigenvalue weighted by Crippen LogP contribution is 2.33. The van der Waals surface area contributed by atoms with Crippen molar-refractivity contribution in [1.82, 2.24) is 15.5 Å². The number of hydrogen-bond acceptors (Lipinski definition) is 3. The van der Waals surface area contributed by atoms with Crippen molar-refractivity contribution in [3.8, 4) is 5.75 Å². The van der Waals surface area contributed by atoms with E-state index >= 15 is 0 Å². The first kappa shape index (κ1) is 15.6. The van der Waals surface area contributed by atoms with E-state index in [-0.39, 0.29) is 23.9 Å². The second-order valence-electron chi connectivity index (χ2n) is 6.00. The molecule has 0 spiro atoms. The number of rotatable bonds is 3. The Bertz CT molecular complexity index is 590. The molecule has 1 aromatic carbocycles. The molecule has 2 aliphatic rings. The zero-order valence-electron chi connectivity index (χ0n) is 13.4. The molecule has 3 rings (SSSR count). The largest absolute Gasteiger partial charge is 0.493 e. The number of nitrogens with zero attached hydrogens (tertiary/aromatic N) is 1. The van der Waals surface area contributed by atoms with Gasteiger partial charge in [0.1, 0.15) is 5.75 Å². The quantitative estimate of drug-likeness (QED) is 0.887. The SMILES string of the molecule is CCNC(=O)N1CC[C@@H](NC(=O)[C@@H]2CCOc3ccccc32)C1. The lowest BCUT2D eigenvalue weighted by Crippen LogP contribution is -2.43. The number of fused-ring (bicyclic) bond motifs is 1. The molecule has 0 bridgehead atoms. The molecule has 0 saturated carbocycles. The van der Waals surface area contributed by atoms with Gasteiger partial charge in [-0.25, -0.2) is 4.79 Å². The minimum Gasteiger partial charge on any atom is -0.493 e. The lowest BCUT2D eigenvalue weighted by molar-refractivity contribution is -0.123. The molecule has 0 aromatic heterocycles. The molecule has 23 heavy (non-hydrogen) atoms. The van der Waals surface area contributed by atoms with Gasteiger partial charge in [0, 0.05) is 31.2 Å². The zero-order valence-corrected chi connectivity index (χ0v) is 13.4. The van der Waals surface area contributed by atoms with E-state index in [9.17, 15) is 9.59 Å². The first-order valence-corrected chi connectivity index (χ1v) is 8.24. The van der Waals surface area contributed by atoms with E-state index in [1.54, 1.807) is 4.90 Å².